The number of aromatic nitrogens is 3. The molecule has 2 aromatic carbocycles. The van der Waals surface area contributed by atoms with Crippen molar-refractivity contribution in [3.8, 4) is 10.6 Å². The number of rotatable bonds is 4. The predicted molar refractivity (Wildman–Crippen MR) is 119 cm³/mol. The Morgan fingerprint density at radius 3 is 2.37 bits per heavy atom. The first-order valence-electron chi connectivity index (χ1n) is 9.87. The van der Waals surface area contributed by atoms with Gasteiger partial charge in [0.05, 0.1) is 0 Å². The molecule has 2 aromatic heterocycles. The van der Waals surface area contributed by atoms with Crippen LogP contribution in [0.5, 0.6) is 0 Å². The van der Waals surface area contributed by atoms with E-state index >= 15 is 0 Å². The highest BCUT2D eigenvalue weighted by molar-refractivity contribution is 7.21. The Hall–Kier alpha value is -3.10. The smallest absolute Gasteiger partial charge is 0.223 e. The van der Waals surface area contributed by atoms with Crippen LogP contribution in [-0.4, -0.2) is 46.0 Å². The fourth-order valence-corrected chi connectivity index (χ4v) is 4.67. The highest BCUT2D eigenvalue weighted by atomic mass is 32.1. The van der Waals surface area contributed by atoms with Crippen LogP contribution in [0.2, 0.25) is 0 Å². The summed E-state index contributed by atoms with van der Waals surface area (Å²) in [4.78, 5) is 19.1. The third kappa shape index (κ3) is 3.83. The van der Waals surface area contributed by atoms with Crippen molar-refractivity contribution in [2.24, 2.45) is 0 Å². The summed E-state index contributed by atoms with van der Waals surface area (Å²) < 4.78 is 13.3. The van der Waals surface area contributed by atoms with Crippen LogP contribution in [0.15, 0.2) is 54.6 Å². The number of halogens is 1. The summed E-state index contributed by atoms with van der Waals surface area (Å²) in [5, 5.41) is 0.786. The average molecular weight is 421 g/mol. The maximum absolute atomic E-state index is 13.3. The topological polar surface area (TPSA) is 71.2 Å². The molecule has 0 unspecified atom stereocenters. The molecule has 0 saturated carbocycles. The van der Waals surface area contributed by atoms with Crippen molar-refractivity contribution >= 4 is 33.5 Å². The fraction of sp³-hybridized carbons (Fsp3) is 0.227. The molecule has 1 saturated heterocycles. The molecule has 6 nitrogen and oxygen atoms in total. The highest BCUT2D eigenvalue weighted by Crippen LogP contribution is 2.34. The second-order valence-corrected chi connectivity index (χ2v) is 8.31. The van der Waals surface area contributed by atoms with Gasteiger partial charge in [-0.05, 0) is 29.8 Å². The molecule has 1 aliphatic rings. The molecule has 30 heavy (non-hydrogen) atoms. The van der Waals surface area contributed by atoms with E-state index in [0.717, 1.165) is 59.5 Å². The quantitative estimate of drug-likeness (QED) is 0.542. The third-order valence-electron chi connectivity index (χ3n) is 5.27. The third-order valence-corrected chi connectivity index (χ3v) is 6.27. The molecule has 0 amide bonds. The van der Waals surface area contributed by atoms with Gasteiger partial charge in [-0.2, -0.15) is 4.98 Å². The van der Waals surface area contributed by atoms with Crippen molar-refractivity contribution in [2.45, 2.75) is 6.54 Å². The van der Waals surface area contributed by atoms with E-state index in [-0.39, 0.29) is 11.8 Å². The molecule has 0 aliphatic carbocycles. The van der Waals surface area contributed by atoms with Crippen molar-refractivity contribution in [1.82, 2.24) is 19.9 Å². The zero-order valence-electron chi connectivity index (χ0n) is 16.3. The number of nitrogen functional groups attached to an aromatic ring is 1. The van der Waals surface area contributed by atoms with Crippen molar-refractivity contribution in [3.63, 3.8) is 0 Å². The molecule has 0 atom stereocenters. The Morgan fingerprint density at radius 1 is 0.900 bits per heavy atom. The maximum atomic E-state index is 13.3. The van der Waals surface area contributed by atoms with E-state index in [4.69, 9.17) is 10.7 Å². The van der Waals surface area contributed by atoms with Gasteiger partial charge in [-0.25, -0.2) is 14.4 Å². The van der Waals surface area contributed by atoms with E-state index < -0.39 is 0 Å². The number of nitrogens with zero attached hydrogens (tertiary/aromatic N) is 5. The van der Waals surface area contributed by atoms with E-state index in [1.165, 1.54) is 29.0 Å². The van der Waals surface area contributed by atoms with Gasteiger partial charge in [-0.1, -0.05) is 41.7 Å². The second-order valence-electron chi connectivity index (χ2n) is 7.33. The minimum Gasteiger partial charge on any atom is -0.368 e. The summed E-state index contributed by atoms with van der Waals surface area (Å²) in [7, 11) is 0. The molecule has 5 rings (SSSR count). The van der Waals surface area contributed by atoms with Crippen LogP contribution in [0.3, 0.4) is 0 Å². The Bertz CT molecular complexity index is 1150. The van der Waals surface area contributed by atoms with Gasteiger partial charge in [-0.3, -0.25) is 4.90 Å². The van der Waals surface area contributed by atoms with Crippen molar-refractivity contribution in [1.29, 1.82) is 0 Å². The van der Waals surface area contributed by atoms with Crippen LogP contribution in [0.1, 0.15) is 5.56 Å². The van der Waals surface area contributed by atoms with Gasteiger partial charge in [0.15, 0.2) is 10.6 Å². The summed E-state index contributed by atoms with van der Waals surface area (Å²) in [5.41, 5.74) is 8.93. The summed E-state index contributed by atoms with van der Waals surface area (Å²) in [5.74, 6) is 0.762. The number of fused-ring (bicyclic) bond motifs is 1. The molecule has 0 spiro atoms. The Balaban J connectivity index is 1.38. The van der Waals surface area contributed by atoms with E-state index in [9.17, 15) is 4.39 Å². The van der Waals surface area contributed by atoms with Crippen LogP contribution in [0.25, 0.3) is 20.9 Å². The Morgan fingerprint density at radius 2 is 1.63 bits per heavy atom. The van der Waals surface area contributed by atoms with Crippen LogP contribution >= 0.6 is 11.3 Å². The largest absolute Gasteiger partial charge is 0.368 e. The molecule has 8 heteroatoms. The first kappa shape index (κ1) is 18.9. The minimum atomic E-state index is -0.266. The van der Waals surface area contributed by atoms with Crippen LogP contribution in [0, 0.1) is 5.82 Å². The summed E-state index contributed by atoms with van der Waals surface area (Å²) >= 11 is 1.45. The molecular formula is C22H21FN6S. The lowest BCUT2D eigenvalue weighted by molar-refractivity contribution is 0.249. The van der Waals surface area contributed by atoms with Gasteiger partial charge < -0.3 is 10.6 Å². The summed E-state index contributed by atoms with van der Waals surface area (Å²) in [6.45, 7) is 4.52. The first-order valence-corrected chi connectivity index (χ1v) is 10.7. The van der Waals surface area contributed by atoms with E-state index in [2.05, 4.69) is 44.0 Å². The normalized spacial score (nSPS) is 15.0. The molecule has 1 fully saturated rings. The highest BCUT2D eigenvalue weighted by Gasteiger charge is 2.23. The molecule has 4 aromatic rings. The number of thiazole rings is 1. The molecular weight excluding hydrogens is 399 g/mol. The Labute approximate surface area is 177 Å². The number of piperazine rings is 1. The van der Waals surface area contributed by atoms with Crippen molar-refractivity contribution in [3.05, 3.63) is 66.0 Å². The van der Waals surface area contributed by atoms with Crippen LogP contribution in [0.4, 0.5) is 16.2 Å². The lowest BCUT2D eigenvalue weighted by Crippen LogP contribution is -2.46. The van der Waals surface area contributed by atoms with Crippen molar-refractivity contribution < 1.29 is 4.39 Å². The monoisotopic (exact) mass is 420 g/mol. The standard InChI is InChI=1S/C22H21FN6S/c23-17-8-6-16(7-9-17)20-25-18-19(26-22(24)27-21(18)30-20)29-12-10-28(11-13-29)14-15-4-2-1-3-5-15/h1-9H,10-14H2,(H2,24,26,27). The molecule has 1 aliphatic heterocycles. The first-order chi connectivity index (χ1) is 14.7. The van der Waals surface area contributed by atoms with Gasteiger partial charge in [-0.15, -0.1) is 0 Å². The number of hydrogen-bond donors (Lipinski definition) is 1. The minimum absolute atomic E-state index is 0.249. The molecule has 152 valence electrons. The second kappa shape index (κ2) is 7.97. The molecule has 2 N–H and O–H groups in total. The van der Waals surface area contributed by atoms with Crippen LogP contribution < -0.4 is 10.6 Å². The van der Waals surface area contributed by atoms with Gasteiger partial charge in [0.1, 0.15) is 16.3 Å². The summed E-state index contributed by atoms with van der Waals surface area (Å²) in [6.07, 6.45) is 0. The van der Waals surface area contributed by atoms with Gasteiger partial charge >= 0.3 is 0 Å². The number of anilines is 2. The number of benzene rings is 2. The molecule has 0 radical (unpaired) electrons. The number of nitrogens with two attached hydrogens (primary N) is 1. The molecule has 0 bridgehead atoms. The SMILES string of the molecule is Nc1nc(N2CCN(Cc3ccccc3)CC2)c2nc(-c3ccc(F)cc3)sc2n1. The summed E-state index contributed by atoms with van der Waals surface area (Å²) in [6, 6.07) is 16.8. The van der Waals surface area contributed by atoms with Gasteiger partial charge in [0.25, 0.3) is 0 Å². The Kier molecular flexibility index (Phi) is 5.02. The lowest BCUT2D eigenvalue weighted by Gasteiger charge is -2.35. The van der Waals surface area contributed by atoms with Gasteiger partial charge in [0.2, 0.25) is 5.95 Å². The predicted octanol–water partition coefficient (Wildman–Crippen LogP) is 3.80. The van der Waals surface area contributed by atoms with Gasteiger partial charge in [0, 0.05) is 38.3 Å². The fourth-order valence-electron chi connectivity index (χ4n) is 3.72. The lowest BCUT2D eigenvalue weighted by atomic mass is 10.2. The van der Waals surface area contributed by atoms with E-state index in [0.29, 0.717) is 0 Å². The van der Waals surface area contributed by atoms with E-state index in [1.54, 1.807) is 12.1 Å². The van der Waals surface area contributed by atoms with Crippen molar-refractivity contribution in [2.75, 3.05) is 36.8 Å². The zero-order chi connectivity index (χ0) is 20.5. The molecule has 3 heterocycles. The maximum Gasteiger partial charge on any atom is 0.223 e. The van der Waals surface area contributed by atoms with Crippen LogP contribution in [-0.2, 0) is 6.54 Å². The zero-order valence-corrected chi connectivity index (χ0v) is 17.1. The number of hydrogen-bond acceptors (Lipinski definition) is 7. The van der Waals surface area contributed by atoms with E-state index in [1.807, 2.05) is 6.07 Å². The average Bonchev–Trinajstić information content (AvgIpc) is 3.19.